The molecule has 0 aliphatic carbocycles. The molecule has 0 aliphatic heterocycles. The number of hydrogen-bond acceptors (Lipinski definition) is 3. The zero-order valence-electron chi connectivity index (χ0n) is 8.26. The molecule has 0 amide bonds. The van der Waals surface area contributed by atoms with Gasteiger partial charge in [-0.15, -0.1) is 5.10 Å². The largest absolute Gasteiger partial charge is 0.319 e. The average molecular weight is 314 g/mol. The summed E-state index contributed by atoms with van der Waals surface area (Å²) in [6.07, 6.45) is 1.70. The van der Waals surface area contributed by atoms with Crippen LogP contribution < -0.4 is 5.73 Å². The molecule has 0 saturated carbocycles. The van der Waals surface area contributed by atoms with Gasteiger partial charge in [0.2, 0.25) is 0 Å². The second kappa shape index (κ2) is 4.28. The lowest BCUT2D eigenvalue weighted by Crippen LogP contribution is -2.15. The minimum Gasteiger partial charge on any atom is -0.319 e. The summed E-state index contributed by atoms with van der Waals surface area (Å²) in [5.74, 6) is 0. The van der Waals surface area contributed by atoms with Crippen LogP contribution in [0.5, 0.6) is 0 Å². The minimum atomic E-state index is -0.167. The van der Waals surface area contributed by atoms with Crippen molar-refractivity contribution in [3.63, 3.8) is 0 Å². The van der Waals surface area contributed by atoms with Gasteiger partial charge in [-0.25, -0.2) is 0 Å². The first-order valence-electron chi connectivity index (χ1n) is 4.54. The van der Waals surface area contributed by atoms with Gasteiger partial charge in [-0.05, 0) is 40.3 Å². The quantitative estimate of drug-likeness (QED) is 0.854. The van der Waals surface area contributed by atoms with E-state index in [1.54, 1.807) is 10.9 Å². The average Bonchev–Trinajstić information content (AvgIpc) is 2.63. The number of rotatable bonds is 2. The van der Waals surface area contributed by atoms with Crippen LogP contribution in [-0.4, -0.2) is 15.0 Å². The summed E-state index contributed by atoms with van der Waals surface area (Å²) in [5, 5.41) is 7.69. The standard InChI is InChI=1S/C10H11IN4/c1-15-9(6-13-14-15)10(12)7-3-2-4-8(11)5-7/h2-6,10H,12H2,1H3. The van der Waals surface area contributed by atoms with Gasteiger partial charge in [0.1, 0.15) is 0 Å². The summed E-state index contributed by atoms with van der Waals surface area (Å²) >= 11 is 2.27. The number of aromatic nitrogens is 3. The SMILES string of the molecule is Cn1nncc1C(N)c1cccc(I)c1. The van der Waals surface area contributed by atoms with Crippen LogP contribution in [-0.2, 0) is 7.05 Å². The number of nitrogens with two attached hydrogens (primary N) is 1. The molecule has 4 nitrogen and oxygen atoms in total. The molecule has 0 fully saturated rings. The highest BCUT2D eigenvalue weighted by Gasteiger charge is 2.12. The Bertz CT molecular complexity index is 466. The zero-order chi connectivity index (χ0) is 10.8. The summed E-state index contributed by atoms with van der Waals surface area (Å²) in [7, 11) is 1.84. The van der Waals surface area contributed by atoms with Gasteiger partial charge in [0.05, 0.1) is 17.9 Å². The fourth-order valence-corrected chi connectivity index (χ4v) is 2.02. The van der Waals surface area contributed by atoms with E-state index in [0.29, 0.717) is 0 Å². The molecular formula is C10H11IN4. The van der Waals surface area contributed by atoms with E-state index >= 15 is 0 Å². The van der Waals surface area contributed by atoms with E-state index < -0.39 is 0 Å². The van der Waals surface area contributed by atoms with E-state index in [-0.39, 0.29) is 6.04 Å². The Morgan fingerprint density at radius 1 is 1.47 bits per heavy atom. The zero-order valence-corrected chi connectivity index (χ0v) is 10.4. The molecular weight excluding hydrogens is 303 g/mol. The van der Waals surface area contributed by atoms with Crippen LogP contribution in [0.1, 0.15) is 17.3 Å². The molecule has 1 aromatic heterocycles. The molecule has 0 bridgehead atoms. The van der Waals surface area contributed by atoms with Crippen molar-refractivity contribution >= 4 is 22.6 Å². The molecule has 2 aromatic rings. The van der Waals surface area contributed by atoms with Gasteiger partial charge < -0.3 is 5.73 Å². The summed E-state index contributed by atoms with van der Waals surface area (Å²) in [6, 6.07) is 7.96. The predicted octanol–water partition coefficient (Wildman–Crippen LogP) is 1.47. The second-order valence-electron chi connectivity index (χ2n) is 3.32. The van der Waals surface area contributed by atoms with E-state index in [4.69, 9.17) is 5.73 Å². The third-order valence-electron chi connectivity index (χ3n) is 2.28. The highest BCUT2D eigenvalue weighted by molar-refractivity contribution is 14.1. The van der Waals surface area contributed by atoms with Gasteiger partial charge in [0.15, 0.2) is 0 Å². The van der Waals surface area contributed by atoms with Crippen molar-refractivity contribution < 1.29 is 0 Å². The van der Waals surface area contributed by atoms with Crippen molar-refractivity contribution in [1.82, 2.24) is 15.0 Å². The Hall–Kier alpha value is -0.950. The fraction of sp³-hybridized carbons (Fsp3) is 0.200. The van der Waals surface area contributed by atoms with Gasteiger partial charge in [0.25, 0.3) is 0 Å². The van der Waals surface area contributed by atoms with Crippen molar-refractivity contribution in [2.75, 3.05) is 0 Å². The first-order chi connectivity index (χ1) is 7.18. The molecule has 1 aromatic carbocycles. The molecule has 78 valence electrons. The topological polar surface area (TPSA) is 56.7 Å². The lowest BCUT2D eigenvalue weighted by Gasteiger charge is -2.11. The maximum absolute atomic E-state index is 6.13. The molecule has 0 aliphatic rings. The maximum Gasteiger partial charge on any atom is 0.0796 e. The first kappa shape index (κ1) is 10.6. The second-order valence-corrected chi connectivity index (χ2v) is 4.56. The first-order valence-corrected chi connectivity index (χ1v) is 5.62. The van der Waals surface area contributed by atoms with Crippen molar-refractivity contribution in [1.29, 1.82) is 0 Å². The number of hydrogen-bond donors (Lipinski definition) is 1. The van der Waals surface area contributed by atoms with Crippen LogP contribution in [0.25, 0.3) is 0 Å². The highest BCUT2D eigenvalue weighted by atomic mass is 127. The molecule has 15 heavy (non-hydrogen) atoms. The molecule has 2 N–H and O–H groups in total. The van der Waals surface area contributed by atoms with Gasteiger partial charge in [-0.2, -0.15) is 0 Å². The summed E-state index contributed by atoms with van der Waals surface area (Å²) < 4.78 is 2.88. The Balaban J connectivity index is 2.36. The van der Waals surface area contributed by atoms with Gasteiger partial charge >= 0.3 is 0 Å². The van der Waals surface area contributed by atoms with Crippen molar-refractivity contribution in [3.05, 3.63) is 45.3 Å². The lowest BCUT2D eigenvalue weighted by atomic mass is 10.1. The fourth-order valence-electron chi connectivity index (χ4n) is 1.45. The third-order valence-corrected chi connectivity index (χ3v) is 2.95. The maximum atomic E-state index is 6.13. The molecule has 1 heterocycles. The molecule has 1 unspecified atom stereocenters. The molecule has 1 atom stereocenters. The van der Waals surface area contributed by atoms with Crippen LogP contribution in [0.2, 0.25) is 0 Å². The van der Waals surface area contributed by atoms with E-state index in [9.17, 15) is 0 Å². The Morgan fingerprint density at radius 2 is 2.27 bits per heavy atom. The van der Waals surface area contributed by atoms with E-state index in [0.717, 1.165) is 11.3 Å². The Kier molecular flexibility index (Phi) is 3.01. The van der Waals surface area contributed by atoms with Gasteiger partial charge in [0, 0.05) is 10.6 Å². The predicted molar refractivity (Wildman–Crippen MR) is 66.2 cm³/mol. The van der Waals surface area contributed by atoms with Crippen LogP contribution in [0.3, 0.4) is 0 Å². The van der Waals surface area contributed by atoms with E-state index in [2.05, 4.69) is 39.0 Å². The van der Waals surface area contributed by atoms with Crippen molar-refractivity contribution in [2.45, 2.75) is 6.04 Å². The van der Waals surface area contributed by atoms with E-state index in [1.165, 1.54) is 3.57 Å². The minimum absolute atomic E-state index is 0.167. The smallest absolute Gasteiger partial charge is 0.0796 e. The van der Waals surface area contributed by atoms with Crippen LogP contribution in [0.15, 0.2) is 30.5 Å². The summed E-state index contributed by atoms with van der Waals surface area (Å²) in [4.78, 5) is 0. The monoisotopic (exact) mass is 314 g/mol. The molecule has 2 rings (SSSR count). The third kappa shape index (κ3) is 2.18. The molecule has 0 spiro atoms. The number of aryl methyl sites for hydroxylation is 1. The molecule has 0 radical (unpaired) electrons. The van der Waals surface area contributed by atoms with E-state index in [1.807, 2.05) is 25.2 Å². The normalized spacial score (nSPS) is 12.7. The van der Waals surface area contributed by atoms with Gasteiger partial charge in [-0.3, -0.25) is 4.68 Å². The van der Waals surface area contributed by atoms with Gasteiger partial charge in [-0.1, -0.05) is 17.3 Å². The Morgan fingerprint density at radius 3 is 2.87 bits per heavy atom. The lowest BCUT2D eigenvalue weighted by molar-refractivity contribution is 0.651. The van der Waals surface area contributed by atoms with Crippen molar-refractivity contribution in [2.24, 2.45) is 12.8 Å². The Labute approximate surface area is 102 Å². The molecule has 0 saturated heterocycles. The number of benzene rings is 1. The molecule has 5 heteroatoms. The number of halogens is 1. The van der Waals surface area contributed by atoms with Crippen LogP contribution in [0.4, 0.5) is 0 Å². The summed E-state index contributed by atoms with van der Waals surface area (Å²) in [5.41, 5.74) is 8.12. The van der Waals surface area contributed by atoms with Crippen LogP contribution in [0, 0.1) is 3.57 Å². The summed E-state index contributed by atoms with van der Waals surface area (Å²) in [6.45, 7) is 0. The number of nitrogens with zero attached hydrogens (tertiary/aromatic N) is 3. The highest BCUT2D eigenvalue weighted by Crippen LogP contribution is 2.19. The van der Waals surface area contributed by atoms with Crippen molar-refractivity contribution in [3.8, 4) is 0 Å². The van der Waals surface area contributed by atoms with Crippen LogP contribution >= 0.6 is 22.6 Å².